The maximum absolute atomic E-state index is 5.64. The molecule has 10 nitrogen and oxygen atoms in total. The van der Waals surface area contributed by atoms with Gasteiger partial charge < -0.3 is 45.2 Å². The molecule has 0 aliphatic rings. The van der Waals surface area contributed by atoms with Crippen LogP contribution in [0.2, 0.25) is 18.1 Å². The van der Waals surface area contributed by atoms with E-state index >= 15 is 0 Å². The molecule has 0 unspecified atom stereocenters. The quantitative estimate of drug-likeness (QED) is 0.193. The van der Waals surface area contributed by atoms with E-state index in [-0.39, 0.29) is 5.41 Å². The lowest BCUT2D eigenvalue weighted by atomic mass is 9.75. The van der Waals surface area contributed by atoms with E-state index < -0.39 is 26.4 Å². The number of rotatable bonds is 23. The summed E-state index contributed by atoms with van der Waals surface area (Å²) in [5.41, 5.74) is 0.0504. The Balaban J connectivity index is 5.54. The Bertz CT molecular complexity index is 419. The minimum absolute atomic E-state index is 0.0504. The first-order valence-electron chi connectivity index (χ1n) is 11.8. The van der Waals surface area contributed by atoms with Gasteiger partial charge in [-0.15, -0.1) is 0 Å². The first kappa shape index (κ1) is 34.3. The highest BCUT2D eigenvalue weighted by Crippen LogP contribution is 2.39. The van der Waals surface area contributed by atoms with Crippen molar-refractivity contribution in [2.75, 3.05) is 77.6 Å². The van der Waals surface area contributed by atoms with E-state index in [1.807, 2.05) is 7.05 Å². The van der Waals surface area contributed by atoms with Crippen molar-refractivity contribution in [2.45, 2.75) is 56.7 Å². The third kappa shape index (κ3) is 10.3. The van der Waals surface area contributed by atoms with Gasteiger partial charge >= 0.3 is 26.4 Å². The van der Waals surface area contributed by atoms with Crippen LogP contribution in [-0.2, 0) is 39.8 Å². The zero-order valence-electron chi connectivity index (χ0n) is 23.2. The van der Waals surface area contributed by atoms with Crippen LogP contribution in [0.5, 0.6) is 0 Å². The second kappa shape index (κ2) is 17.7. The second-order valence-corrected chi connectivity index (χ2v) is 17.7. The van der Waals surface area contributed by atoms with Crippen molar-refractivity contribution in [3.8, 4) is 0 Å². The maximum atomic E-state index is 5.64. The van der Waals surface area contributed by atoms with E-state index in [9.17, 15) is 0 Å². The predicted molar refractivity (Wildman–Crippen MR) is 139 cm³/mol. The lowest BCUT2D eigenvalue weighted by Gasteiger charge is -2.37. The minimum Gasteiger partial charge on any atom is -0.377 e. The molecule has 0 saturated carbocycles. The molecule has 0 aliphatic heterocycles. The van der Waals surface area contributed by atoms with Crippen LogP contribution < -0.4 is 5.32 Å². The molecule has 206 valence electrons. The molecule has 34 heavy (non-hydrogen) atoms. The SMILES string of the molecule is CNCC(CCC[Si](OC)(OC)OC)(CCC[Si](OC)(OC)OC)CCC[Si](OC)(OC)OC. The van der Waals surface area contributed by atoms with Gasteiger partial charge in [-0.1, -0.05) is 0 Å². The summed E-state index contributed by atoms with van der Waals surface area (Å²) in [7, 11) is 9.09. The lowest BCUT2D eigenvalue weighted by Crippen LogP contribution is -2.44. The third-order valence-electron chi connectivity index (χ3n) is 6.92. The normalized spacial score (nSPS) is 13.6. The van der Waals surface area contributed by atoms with Crippen molar-refractivity contribution in [3.63, 3.8) is 0 Å². The van der Waals surface area contributed by atoms with E-state index in [4.69, 9.17) is 39.8 Å². The van der Waals surface area contributed by atoms with Gasteiger partial charge in [0.1, 0.15) is 0 Å². The number of hydrogen-bond acceptors (Lipinski definition) is 10. The summed E-state index contributed by atoms with van der Waals surface area (Å²) in [5, 5.41) is 3.43. The standard InChI is InChI=1S/C21H51NO9Si3/c1-22-20-21(14-11-17-32(23-2,24-3)25-4,15-12-18-33(26-5,27-6)28-7)16-13-19-34(29-8,30-9)31-10/h22H,11-20H2,1-10H3. The maximum Gasteiger partial charge on any atom is 0.500 e. The van der Waals surface area contributed by atoms with Gasteiger partial charge in [0.05, 0.1) is 0 Å². The summed E-state index contributed by atoms with van der Waals surface area (Å²) < 4.78 is 50.8. The average molecular weight is 546 g/mol. The summed E-state index contributed by atoms with van der Waals surface area (Å²) in [5.74, 6) is 0. The Kier molecular flexibility index (Phi) is 17.8. The van der Waals surface area contributed by atoms with Gasteiger partial charge in [-0.05, 0) is 51.0 Å². The summed E-state index contributed by atoms with van der Waals surface area (Å²) in [6.07, 6.45) is 5.82. The second-order valence-electron chi connectivity index (χ2n) is 8.48. The molecule has 0 aromatic rings. The van der Waals surface area contributed by atoms with Crippen LogP contribution in [0.1, 0.15) is 38.5 Å². The Hall–Kier alpha value is 0.251. The Morgan fingerprint density at radius 3 is 0.882 bits per heavy atom. The molecular formula is C21H51NO9Si3. The fraction of sp³-hybridized carbons (Fsp3) is 1.00. The highest BCUT2D eigenvalue weighted by atomic mass is 28.4. The molecule has 0 bridgehead atoms. The van der Waals surface area contributed by atoms with E-state index in [1.54, 1.807) is 64.0 Å². The molecule has 0 amide bonds. The monoisotopic (exact) mass is 545 g/mol. The summed E-state index contributed by atoms with van der Waals surface area (Å²) in [6, 6.07) is 2.30. The molecule has 0 saturated heterocycles. The minimum atomic E-state index is -2.62. The van der Waals surface area contributed by atoms with Gasteiger partial charge in [0.15, 0.2) is 0 Å². The van der Waals surface area contributed by atoms with Crippen LogP contribution in [0.4, 0.5) is 0 Å². The van der Waals surface area contributed by atoms with Crippen LogP contribution in [0.25, 0.3) is 0 Å². The van der Waals surface area contributed by atoms with Gasteiger partial charge in [-0.3, -0.25) is 0 Å². The molecule has 0 radical (unpaired) electrons. The largest absolute Gasteiger partial charge is 0.500 e. The summed E-state index contributed by atoms with van der Waals surface area (Å²) in [6.45, 7) is 0.886. The molecule has 0 aliphatic carbocycles. The zero-order chi connectivity index (χ0) is 26.1. The Morgan fingerprint density at radius 1 is 0.471 bits per heavy atom. The zero-order valence-corrected chi connectivity index (χ0v) is 26.2. The lowest BCUT2D eigenvalue weighted by molar-refractivity contribution is 0.113. The van der Waals surface area contributed by atoms with Crippen molar-refractivity contribution in [3.05, 3.63) is 0 Å². The molecule has 13 heteroatoms. The highest BCUT2D eigenvalue weighted by molar-refractivity contribution is 6.61. The van der Waals surface area contributed by atoms with E-state index in [0.29, 0.717) is 0 Å². The predicted octanol–water partition coefficient (Wildman–Crippen LogP) is 3.17. The van der Waals surface area contributed by atoms with Gasteiger partial charge in [0.2, 0.25) is 0 Å². The molecule has 1 N–H and O–H groups in total. The van der Waals surface area contributed by atoms with E-state index in [0.717, 1.165) is 63.2 Å². The van der Waals surface area contributed by atoms with Crippen molar-refractivity contribution in [2.24, 2.45) is 5.41 Å². The third-order valence-corrected chi connectivity index (χ3v) is 15.4. The van der Waals surface area contributed by atoms with E-state index in [1.165, 1.54) is 0 Å². The first-order chi connectivity index (χ1) is 16.2. The van der Waals surface area contributed by atoms with Crippen molar-refractivity contribution < 1.29 is 39.8 Å². The molecule has 0 rings (SSSR count). The van der Waals surface area contributed by atoms with Crippen LogP contribution in [0.15, 0.2) is 0 Å². The fourth-order valence-corrected chi connectivity index (χ4v) is 9.89. The number of nitrogens with one attached hydrogen (secondary N) is 1. The van der Waals surface area contributed by atoms with Crippen molar-refractivity contribution >= 4 is 26.4 Å². The van der Waals surface area contributed by atoms with Gasteiger partial charge in [-0.25, -0.2) is 0 Å². The Labute approximate surface area is 211 Å². The highest BCUT2D eigenvalue weighted by Gasteiger charge is 2.42. The van der Waals surface area contributed by atoms with Gasteiger partial charge in [-0.2, -0.15) is 0 Å². The van der Waals surface area contributed by atoms with Crippen LogP contribution in [-0.4, -0.2) is 104 Å². The van der Waals surface area contributed by atoms with Gasteiger partial charge in [0, 0.05) is 88.7 Å². The molecular weight excluding hydrogens is 494 g/mol. The average Bonchev–Trinajstić information content (AvgIpc) is 2.88. The molecule has 0 spiro atoms. The molecule has 0 fully saturated rings. The summed E-state index contributed by atoms with van der Waals surface area (Å²) in [4.78, 5) is 0. The summed E-state index contributed by atoms with van der Waals surface area (Å²) >= 11 is 0. The van der Waals surface area contributed by atoms with Crippen LogP contribution in [0, 0.1) is 5.41 Å². The van der Waals surface area contributed by atoms with Crippen molar-refractivity contribution in [1.29, 1.82) is 0 Å². The fourth-order valence-electron chi connectivity index (χ4n) is 4.72. The molecule has 0 atom stereocenters. The first-order valence-corrected chi connectivity index (χ1v) is 17.6. The van der Waals surface area contributed by atoms with E-state index in [2.05, 4.69) is 5.32 Å². The van der Waals surface area contributed by atoms with Gasteiger partial charge in [0.25, 0.3) is 0 Å². The molecule has 0 aromatic carbocycles. The van der Waals surface area contributed by atoms with Crippen molar-refractivity contribution in [1.82, 2.24) is 5.32 Å². The topological polar surface area (TPSA) is 95.1 Å². The molecule has 0 heterocycles. The molecule has 0 aromatic heterocycles. The van der Waals surface area contributed by atoms with Crippen LogP contribution in [0.3, 0.4) is 0 Å². The number of hydrogen-bond donors (Lipinski definition) is 1. The van der Waals surface area contributed by atoms with Crippen LogP contribution >= 0.6 is 0 Å². The Morgan fingerprint density at radius 2 is 0.706 bits per heavy atom. The smallest absolute Gasteiger partial charge is 0.377 e.